The summed E-state index contributed by atoms with van der Waals surface area (Å²) in [7, 11) is 0. The fraction of sp³-hybridized carbons (Fsp3) is 0.412. The largest absolute Gasteiger partial charge is 0.339 e. The van der Waals surface area contributed by atoms with E-state index in [1.807, 2.05) is 11.8 Å². The summed E-state index contributed by atoms with van der Waals surface area (Å²) >= 11 is 6.29. The summed E-state index contributed by atoms with van der Waals surface area (Å²) in [6.07, 6.45) is 9.37. The third-order valence-corrected chi connectivity index (χ3v) is 4.31. The maximum absolute atomic E-state index is 12.6. The summed E-state index contributed by atoms with van der Waals surface area (Å²) in [6, 6.07) is 1.67. The number of likely N-dealkylation sites (tertiary alicyclic amines) is 1. The summed E-state index contributed by atoms with van der Waals surface area (Å²) in [4.78, 5) is 27.0. The molecule has 1 fully saturated rings. The Morgan fingerprint density at radius 2 is 1.75 bits per heavy atom. The minimum atomic E-state index is -0.00322. The maximum atomic E-state index is 12.6. The molecule has 1 aliphatic rings. The van der Waals surface area contributed by atoms with Gasteiger partial charge in [-0.25, -0.2) is 15.0 Å². The predicted molar refractivity (Wildman–Crippen MR) is 93.7 cm³/mol. The number of aromatic nitrogens is 3. The second-order valence-corrected chi connectivity index (χ2v) is 6.31. The van der Waals surface area contributed by atoms with E-state index in [0.717, 1.165) is 25.9 Å². The highest BCUT2D eigenvalue weighted by atomic mass is 35.5. The Morgan fingerprint density at radius 3 is 2.38 bits per heavy atom. The first-order valence-corrected chi connectivity index (χ1v) is 8.52. The monoisotopic (exact) mass is 345 g/mol. The maximum Gasteiger partial charge on any atom is 0.255 e. The molecule has 0 saturated carbocycles. The number of pyridine rings is 1. The molecule has 7 heteroatoms. The van der Waals surface area contributed by atoms with Gasteiger partial charge in [0.1, 0.15) is 11.6 Å². The minimum absolute atomic E-state index is 0.00322. The molecule has 2 aromatic rings. The van der Waals surface area contributed by atoms with Gasteiger partial charge in [-0.2, -0.15) is 0 Å². The molecule has 0 unspecified atom stereocenters. The molecule has 126 valence electrons. The van der Waals surface area contributed by atoms with Gasteiger partial charge >= 0.3 is 0 Å². The quantitative estimate of drug-likeness (QED) is 0.920. The van der Waals surface area contributed by atoms with Gasteiger partial charge in [-0.3, -0.25) is 4.79 Å². The fourth-order valence-corrected chi connectivity index (χ4v) is 2.91. The number of hydrogen-bond acceptors (Lipinski definition) is 5. The average Bonchev–Trinajstić information content (AvgIpc) is 2.87. The van der Waals surface area contributed by atoms with Crippen molar-refractivity contribution in [2.24, 2.45) is 0 Å². The summed E-state index contributed by atoms with van der Waals surface area (Å²) in [5.41, 5.74) is 1.22. The summed E-state index contributed by atoms with van der Waals surface area (Å²) < 4.78 is 0. The number of carbonyl (C=O) groups excluding carboxylic acids is 1. The zero-order valence-corrected chi connectivity index (χ0v) is 14.4. The van der Waals surface area contributed by atoms with Gasteiger partial charge in [0.05, 0.1) is 28.7 Å². The van der Waals surface area contributed by atoms with Crippen LogP contribution in [-0.4, -0.2) is 38.8 Å². The first-order chi connectivity index (χ1) is 11.6. The molecule has 0 atom stereocenters. The molecule has 24 heavy (non-hydrogen) atoms. The van der Waals surface area contributed by atoms with Crippen LogP contribution in [0.25, 0.3) is 0 Å². The number of anilines is 2. The van der Waals surface area contributed by atoms with Crippen molar-refractivity contribution in [3.63, 3.8) is 0 Å². The van der Waals surface area contributed by atoms with Crippen LogP contribution >= 0.6 is 11.6 Å². The molecule has 1 aliphatic heterocycles. The van der Waals surface area contributed by atoms with Crippen LogP contribution in [0.3, 0.4) is 0 Å². The van der Waals surface area contributed by atoms with Crippen LogP contribution in [0.2, 0.25) is 5.02 Å². The van der Waals surface area contributed by atoms with Crippen molar-refractivity contribution in [3.05, 3.63) is 41.1 Å². The molecule has 0 aromatic carbocycles. The first-order valence-electron chi connectivity index (χ1n) is 8.14. The van der Waals surface area contributed by atoms with E-state index in [-0.39, 0.29) is 5.91 Å². The Balaban J connectivity index is 1.74. The molecule has 0 spiro atoms. The Bertz CT molecular complexity index is 711. The average molecular weight is 346 g/mol. The number of aryl methyl sites for hydroxylation is 1. The van der Waals surface area contributed by atoms with Crippen LogP contribution in [-0.2, 0) is 0 Å². The van der Waals surface area contributed by atoms with Crippen LogP contribution in [0.5, 0.6) is 0 Å². The van der Waals surface area contributed by atoms with Crippen molar-refractivity contribution in [1.82, 2.24) is 19.9 Å². The van der Waals surface area contributed by atoms with E-state index in [1.54, 1.807) is 24.7 Å². The zero-order chi connectivity index (χ0) is 16.9. The normalized spacial score (nSPS) is 15.0. The van der Waals surface area contributed by atoms with Gasteiger partial charge in [0.25, 0.3) is 5.91 Å². The van der Waals surface area contributed by atoms with Gasteiger partial charge in [-0.15, -0.1) is 0 Å². The van der Waals surface area contributed by atoms with E-state index in [2.05, 4.69) is 20.3 Å². The van der Waals surface area contributed by atoms with Gasteiger partial charge in [0.15, 0.2) is 0 Å². The predicted octanol–water partition coefficient (Wildman–Crippen LogP) is 3.59. The molecule has 0 bridgehead atoms. The van der Waals surface area contributed by atoms with E-state index < -0.39 is 0 Å². The van der Waals surface area contributed by atoms with Gasteiger partial charge < -0.3 is 10.2 Å². The Hall–Kier alpha value is -2.21. The van der Waals surface area contributed by atoms with Gasteiger partial charge in [-0.1, -0.05) is 24.4 Å². The van der Waals surface area contributed by atoms with Crippen LogP contribution < -0.4 is 5.32 Å². The Kier molecular flexibility index (Phi) is 5.25. The molecule has 3 heterocycles. The Labute approximate surface area is 146 Å². The van der Waals surface area contributed by atoms with Crippen LogP contribution in [0.4, 0.5) is 11.5 Å². The Morgan fingerprint density at radius 1 is 1.08 bits per heavy atom. The number of halogens is 1. The SMILES string of the molecule is Cc1ncc(Nc2ncc(C(=O)N3CCCCCC3)cc2Cl)cn1. The molecule has 0 aliphatic carbocycles. The van der Waals surface area contributed by atoms with Crippen molar-refractivity contribution in [2.75, 3.05) is 18.4 Å². The van der Waals surface area contributed by atoms with Crippen molar-refractivity contribution >= 4 is 29.0 Å². The summed E-state index contributed by atoms with van der Waals surface area (Å²) in [5, 5.41) is 3.46. The van der Waals surface area contributed by atoms with Crippen molar-refractivity contribution in [2.45, 2.75) is 32.6 Å². The van der Waals surface area contributed by atoms with Crippen LogP contribution in [0.1, 0.15) is 41.9 Å². The van der Waals surface area contributed by atoms with E-state index >= 15 is 0 Å². The third kappa shape index (κ3) is 4.00. The lowest BCUT2D eigenvalue weighted by atomic mass is 10.2. The highest BCUT2D eigenvalue weighted by Gasteiger charge is 2.18. The second-order valence-electron chi connectivity index (χ2n) is 5.90. The first kappa shape index (κ1) is 16.6. The number of rotatable bonds is 3. The molecule has 0 radical (unpaired) electrons. The smallest absolute Gasteiger partial charge is 0.255 e. The van der Waals surface area contributed by atoms with Crippen molar-refractivity contribution < 1.29 is 4.79 Å². The minimum Gasteiger partial charge on any atom is -0.339 e. The molecule has 6 nitrogen and oxygen atoms in total. The topological polar surface area (TPSA) is 71.0 Å². The van der Waals surface area contributed by atoms with E-state index in [4.69, 9.17) is 11.6 Å². The molecule has 1 N–H and O–H groups in total. The molecule has 3 rings (SSSR count). The van der Waals surface area contributed by atoms with Crippen LogP contribution in [0.15, 0.2) is 24.7 Å². The lowest BCUT2D eigenvalue weighted by Crippen LogP contribution is -2.31. The van der Waals surface area contributed by atoms with Gasteiger partial charge in [0, 0.05) is 19.3 Å². The lowest BCUT2D eigenvalue weighted by Gasteiger charge is -2.20. The van der Waals surface area contributed by atoms with Crippen LogP contribution in [0, 0.1) is 6.92 Å². The second kappa shape index (κ2) is 7.57. The standard InChI is InChI=1S/C17H20ClN5O/c1-12-19-10-14(11-20-12)22-16-15(18)8-13(9-21-16)17(24)23-6-4-2-3-5-7-23/h8-11H,2-7H2,1H3,(H,21,22). The zero-order valence-electron chi connectivity index (χ0n) is 13.6. The molecular formula is C17H20ClN5O. The number of hydrogen-bond donors (Lipinski definition) is 1. The third-order valence-electron chi connectivity index (χ3n) is 4.03. The van der Waals surface area contributed by atoms with Gasteiger partial charge in [-0.05, 0) is 25.8 Å². The molecule has 2 aromatic heterocycles. The lowest BCUT2D eigenvalue weighted by molar-refractivity contribution is 0.0761. The number of nitrogens with one attached hydrogen (secondary N) is 1. The molecule has 1 amide bonds. The van der Waals surface area contributed by atoms with E-state index in [1.165, 1.54) is 12.8 Å². The van der Waals surface area contributed by atoms with Gasteiger partial charge in [0.2, 0.25) is 0 Å². The highest BCUT2D eigenvalue weighted by Crippen LogP contribution is 2.24. The van der Waals surface area contributed by atoms with E-state index in [0.29, 0.717) is 27.9 Å². The number of carbonyl (C=O) groups is 1. The number of nitrogens with zero attached hydrogens (tertiary/aromatic N) is 4. The summed E-state index contributed by atoms with van der Waals surface area (Å²) in [6.45, 7) is 3.42. The number of amides is 1. The summed E-state index contributed by atoms with van der Waals surface area (Å²) in [5.74, 6) is 1.17. The van der Waals surface area contributed by atoms with E-state index in [9.17, 15) is 4.79 Å². The highest BCUT2D eigenvalue weighted by molar-refractivity contribution is 6.33. The fourth-order valence-electron chi connectivity index (χ4n) is 2.70. The molecule has 1 saturated heterocycles. The molecular weight excluding hydrogens is 326 g/mol. The van der Waals surface area contributed by atoms with Crippen molar-refractivity contribution in [1.29, 1.82) is 0 Å². The van der Waals surface area contributed by atoms with Crippen molar-refractivity contribution in [3.8, 4) is 0 Å².